The van der Waals surface area contributed by atoms with E-state index in [4.69, 9.17) is 9.97 Å². The van der Waals surface area contributed by atoms with Gasteiger partial charge in [-0.15, -0.1) is 9.39 Å². The second kappa shape index (κ2) is 10.8. The van der Waals surface area contributed by atoms with Crippen LogP contribution in [0.3, 0.4) is 0 Å². The third-order valence-corrected chi connectivity index (χ3v) is 12.9. The van der Waals surface area contributed by atoms with Gasteiger partial charge in [-0.25, -0.2) is 9.97 Å². The number of hydrogen-bond donors (Lipinski definition) is 2. The topological polar surface area (TPSA) is 59.6 Å². The number of aryl methyl sites for hydroxylation is 1. The summed E-state index contributed by atoms with van der Waals surface area (Å²) < 4.78 is 3.42. The van der Waals surface area contributed by atoms with Crippen LogP contribution in [-0.2, 0) is 6.54 Å². The summed E-state index contributed by atoms with van der Waals surface area (Å²) >= 11 is 1.66. The van der Waals surface area contributed by atoms with Gasteiger partial charge in [-0.05, 0) is 87.9 Å². The third kappa shape index (κ3) is 4.95. The zero-order valence-corrected chi connectivity index (χ0v) is 27.8. The maximum Gasteiger partial charge on any atom is 0.189 e. The predicted octanol–water partition coefficient (Wildman–Crippen LogP) is 7.32. The van der Waals surface area contributed by atoms with Crippen molar-refractivity contribution < 1.29 is 0 Å². The van der Waals surface area contributed by atoms with Crippen LogP contribution in [0.4, 0.5) is 16.8 Å². The number of fused-ring (bicyclic) bond motifs is 2. The first-order valence-corrected chi connectivity index (χ1v) is 18.3. The number of nitrogens with one attached hydrogen (secondary N) is 2. The highest BCUT2D eigenvalue weighted by Gasteiger charge is 2.38. The minimum Gasteiger partial charge on any atom is -0.365 e. The van der Waals surface area contributed by atoms with Crippen molar-refractivity contribution in [1.82, 2.24) is 24.5 Å². The molecule has 3 aliphatic heterocycles. The molecule has 0 amide bonds. The summed E-state index contributed by atoms with van der Waals surface area (Å²) in [7, 11) is 0.230. The average Bonchev–Trinajstić information content (AvgIpc) is 3.46. The molecule has 7 nitrogen and oxygen atoms in total. The van der Waals surface area contributed by atoms with E-state index in [1.807, 2.05) is 25.2 Å². The van der Waals surface area contributed by atoms with Crippen molar-refractivity contribution in [3.8, 4) is 10.4 Å². The van der Waals surface area contributed by atoms with E-state index < -0.39 is 9.39 Å². The number of aromatic nitrogens is 2. The van der Waals surface area contributed by atoms with Gasteiger partial charge >= 0.3 is 0 Å². The number of hydrogen-bond acceptors (Lipinski definition) is 8. The summed E-state index contributed by atoms with van der Waals surface area (Å²) in [5.74, 6) is 11.5. The van der Waals surface area contributed by atoms with Crippen molar-refractivity contribution >= 4 is 54.9 Å². The standard InChI is InChI=1S/C35H43N7S2/c1-21-19-42(24(4)29-11-10-16-40(21)29)32-13-9-12-31(38-32)39-35-37-22(2)34(43-35)27-17-28-20-41(23(3)26-14-15-26)25(5)33(28)30(18-27)44(7,8)36-6/h9,12-13,17-18,23,26,29,36H,1,4-5,7-8,10-11,14-16,19-20H2,2-3,6H3,(H,37,38,39). The predicted molar refractivity (Wildman–Crippen MR) is 191 cm³/mol. The molecular formula is C35H43N7S2. The van der Waals surface area contributed by atoms with Crippen molar-refractivity contribution in [2.45, 2.75) is 63.1 Å². The molecule has 3 fully saturated rings. The number of nitrogens with zero attached hydrogens (tertiary/aromatic N) is 5. The molecule has 230 valence electrons. The van der Waals surface area contributed by atoms with Crippen molar-refractivity contribution in [1.29, 1.82) is 0 Å². The largest absolute Gasteiger partial charge is 0.365 e. The quantitative estimate of drug-likeness (QED) is 0.255. The van der Waals surface area contributed by atoms with Gasteiger partial charge in [0.2, 0.25) is 0 Å². The van der Waals surface area contributed by atoms with Crippen LogP contribution in [0.2, 0.25) is 0 Å². The maximum atomic E-state index is 4.98. The van der Waals surface area contributed by atoms with E-state index in [9.17, 15) is 0 Å². The number of pyridine rings is 1. The van der Waals surface area contributed by atoms with Gasteiger partial charge in [-0.1, -0.05) is 48.9 Å². The normalized spacial score (nSPS) is 20.8. The molecule has 2 unspecified atom stereocenters. The van der Waals surface area contributed by atoms with Crippen LogP contribution in [0.25, 0.3) is 16.1 Å². The van der Waals surface area contributed by atoms with Gasteiger partial charge in [0.05, 0.1) is 23.2 Å². The Bertz CT molecular complexity index is 1800. The number of thiazole rings is 1. The smallest absolute Gasteiger partial charge is 0.189 e. The van der Waals surface area contributed by atoms with Crippen molar-refractivity contribution in [3.63, 3.8) is 0 Å². The van der Waals surface area contributed by atoms with E-state index >= 15 is 0 Å². The van der Waals surface area contributed by atoms with Crippen LogP contribution >= 0.6 is 20.7 Å². The Morgan fingerprint density at radius 2 is 1.86 bits per heavy atom. The monoisotopic (exact) mass is 625 g/mol. The van der Waals surface area contributed by atoms with E-state index in [1.165, 1.54) is 30.4 Å². The van der Waals surface area contributed by atoms with Crippen LogP contribution in [0.15, 0.2) is 66.4 Å². The Hall–Kier alpha value is -3.53. The van der Waals surface area contributed by atoms with E-state index in [0.717, 1.165) is 80.3 Å². The zero-order valence-electron chi connectivity index (χ0n) is 26.2. The van der Waals surface area contributed by atoms with Gasteiger partial charge in [0.25, 0.3) is 0 Å². The molecule has 3 aromatic rings. The van der Waals surface area contributed by atoms with Gasteiger partial charge < -0.3 is 20.0 Å². The SMILES string of the molecule is C=C1C2CCCN2C(=C)CN1c1cccc(Nc2nc(C)c(-c3cc4c(c(S(=C)(=C)NC)c3)C(=C)N(C(C)C3CC3)C4)s2)n1. The highest BCUT2D eigenvalue weighted by atomic mass is 32.2. The maximum absolute atomic E-state index is 4.98. The Kier molecular flexibility index (Phi) is 7.18. The summed E-state index contributed by atoms with van der Waals surface area (Å²) in [6.07, 6.45) is 4.91. The molecule has 44 heavy (non-hydrogen) atoms. The molecule has 5 heterocycles. The van der Waals surface area contributed by atoms with Gasteiger partial charge in [0.1, 0.15) is 11.6 Å². The molecule has 1 aliphatic carbocycles. The second-order valence-electron chi connectivity index (χ2n) is 12.7. The van der Waals surface area contributed by atoms with Crippen LogP contribution < -0.4 is 14.9 Å². The Morgan fingerprint density at radius 1 is 1.07 bits per heavy atom. The summed E-state index contributed by atoms with van der Waals surface area (Å²) in [4.78, 5) is 19.3. The Labute approximate surface area is 266 Å². The summed E-state index contributed by atoms with van der Waals surface area (Å²) in [6.45, 7) is 20.4. The zero-order chi connectivity index (χ0) is 30.9. The Balaban J connectivity index is 1.18. The van der Waals surface area contributed by atoms with Crippen molar-refractivity contribution in [2.75, 3.05) is 30.4 Å². The van der Waals surface area contributed by atoms with Crippen LogP contribution in [0.1, 0.15) is 49.4 Å². The highest BCUT2D eigenvalue weighted by Crippen LogP contribution is 2.49. The Morgan fingerprint density at radius 3 is 2.61 bits per heavy atom. The summed E-state index contributed by atoms with van der Waals surface area (Å²) in [6, 6.07) is 11.5. The van der Waals surface area contributed by atoms with Gasteiger partial charge in [-0.3, -0.25) is 4.72 Å². The van der Waals surface area contributed by atoms with E-state index in [2.05, 4.69) is 82.2 Å². The highest BCUT2D eigenvalue weighted by molar-refractivity contribution is 8.26. The molecule has 7 rings (SSSR count). The second-order valence-corrected chi connectivity index (χ2v) is 16.3. The fraction of sp³-hybridized carbons (Fsp3) is 0.371. The van der Waals surface area contributed by atoms with Gasteiger partial charge in [0, 0.05) is 46.7 Å². The van der Waals surface area contributed by atoms with E-state index in [0.29, 0.717) is 18.6 Å². The lowest BCUT2D eigenvalue weighted by Gasteiger charge is -2.42. The van der Waals surface area contributed by atoms with Crippen LogP contribution in [-0.4, -0.2) is 63.7 Å². The van der Waals surface area contributed by atoms with Gasteiger partial charge in [-0.2, -0.15) is 0 Å². The van der Waals surface area contributed by atoms with Gasteiger partial charge in [0.15, 0.2) is 5.13 Å². The molecule has 2 N–H and O–H groups in total. The number of piperazine rings is 1. The number of anilines is 3. The first-order chi connectivity index (χ1) is 21.1. The lowest BCUT2D eigenvalue weighted by molar-refractivity contribution is 0.290. The molecular weight excluding hydrogens is 583 g/mol. The minimum atomic E-state index is -1.72. The van der Waals surface area contributed by atoms with Crippen LogP contribution in [0, 0.1) is 12.8 Å². The number of rotatable bonds is 8. The molecule has 2 atom stereocenters. The molecule has 2 saturated heterocycles. The molecule has 4 aliphatic rings. The minimum absolute atomic E-state index is 0.317. The lowest BCUT2D eigenvalue weighted by atomic mass is 10.0. The molecule has 2 aromatic heterocycles. The summed E-state index contributed by atoms with van der Waals surface area (Å²) in [5, 5.41) is 4.31. The van der Waals surface area contributed by atoms with Crippen molar-refractivity contribution in [2.24, 2.45) is 5.92 Å². The molecule has 0 bridgehead atoms. The van der Waals surface area contributed by atoms with Crippen molar-refractivity contribution in [3.05, 3.63) is 78.3 Å². The first-order valence-electron chi connectivity index (χ1n) is 15.5. The molecule has 9 heteroatoms. The third-order valence-electron chi connectivity index (χ3n) is 9.80. The van der Waals surface area contributed by atoms with E-state index in [-0.39, 0.29) is 0 Å². The average molecular weight is 626 g/mol. The molecule has 1 aromatic carbocycles. The first kappa shape index (κ1) is 29.2. The number of benzene rings is 1. The summed E-state index contributed by atoms with van der Waals surface area (Å²) in [5.41, 5.74) is 8.00. The lowest BCUT2D eigenvalue weighted by Crippen LogP contribution is -2.46. The van der Waals surface area contributed by atoms with Crippen LogP contribution in [0.5, 0.6) is 0 Å². The fourth-order valence-corrected chi connectivity index (χ4v) is 9.24. The molecule has 1 saturated carbocycles. The fourth-order valence-electron chi connectivity index (χ4n) is 7.07. The molecule has 0 spiro atoms. The molecule has 0 radical (unpaired) electrons. The van der Waals surface area contributed by atoms with E-state index in [1.54, 1.807) is 11.3 Å².